The number of nitrogens with zero attached hydrogens (tertiary/aromatic N) is 1. The third-order valence-electron chi connectivity index (χ3n) is 2.90. The van der Waals surface area contributed by atoms with Crippen molar-refractivity contribution < 1.29 is 4.74 Å². The molecule has 0 aliphatic carbocycles. The van der Waals surface area contributed by atoms with E-state index < -0.39 is 0 Å². The Bertz CT molecular complexity index is 705. The van der Waals surface area contributed by atoms with Gasteiger partial charge in [0.2, 0.25) is 0 Å². The molecule has 0 amide bonds. The van der Waals surface area contributed by atoms with Crippen molar-refractivity contribution in [2.75, 3.05) is 7.05 Å². The minimum Gasteiger partial charge on any atom is -0.489 e. The van der Waals surface area contributed by atoms with Gasteiger partial charge in [0.1, 0.15) is 12.4 Å². The number of thiocarbonyl (C=S) groups is 1. The first-order valence-corrected chi connectivity index (χ1v) is 7.92. The highest BCUT2D eigenvalue weighted by Gasteiger charge is 2.02. The standard InChI is InChI=1S/C16H15Cl2N3OS/c1-19-16(23)21-20-9-11-2-6-14(7-3-11)22-10-12-4-5-13(17)8-15(12)18/h2-9H,10H2,1H3,(H2,19,21,23). The van der Waals surface area contributed by atoms with Crippen molar-refractivity contribution in [3.05, 3.63) is 63.6 Å². The lowest BCUT2D eigenvalue weighted by Gasteiger charge is -2.08. The van der Waals surface area contributed by atoms with Crippen LogP contribution < -0.4 is 15.5 Å². The third-order valence-corrected chi connectivity index (χ3v) is 3.78. The highest BCUT2D eigenvalue weighted by atomic mass is 35.5. The first kappa shape index (κ1) is 17.5. The molecule has 0 heterocycles. The number of hydrazone groups is 1. The molecule has 4 nitrogen and oxygen atoms in total. The number of halogens is 2. The predicted molar refractivity (Wildman–Crippen MR) is 99.6 cm³/mol. The lowest BCUT2D eigenvalue weighted by Crippen LogP contribution is -2.28. The molecule has 0 radical (unpaired) electrons. The van der Waals surface area contributed by atoms with Crippen LogP contribution in [0.1, 0.15) is 11.1 Å². The Labute approximate surface area is 150 Å². The number of nitrogens with one attached hydrogen (secondary N) is 2. The molecule has 7 heteroatoms. The van der Waals surface area contributed by atoms with Gasteiger partial charge in [-0.1, -0.05) is 29.3 Å². The molecule has 0 unspecified atom stereocenters. The zero-order chi connectivity index (χ0) is 16.7. The number of ether oxygens (including phenoxy) is 1. The van der Waals surface area contributed by atoms with Crippen LogP contribution in [0.25, 0.3) is 0 Å². The van der Waals surface area contributed by atoms with Crippen LogP contribution >= 0.6 is 35.4 Å². The van der Waals surface area contributed by atoms with Gasteiger partial charge in [0.15, 0.2) is 5.11 Å². The number of rotatable bonds is 5. The molecule has 0 saturated heterocycles. The topological polar surface area (TPSA) is 45.7 Å². The first-order valence-electron chi connectivity index (χ1n) is 6.76. The average molecular weight is 368 g/mol. The highest BCUT2D eigenvalue weighted by molar-refractivity contribution is 7.80. The van der Waals surface area contributed by atoms with Gasteiger partial charge in [0.25, 0.3) is 0 Å². The Kier molecular flexibility index (Phi) is 6.65. The zero-order valence-electron chi connectivity index (χ0n) is 12.3. The van der Waals surface area contributed by atoms with Crippen molar-refractivity contribution in [3.8, 4) is 5.75 Å². The van der Waals surface area contributed by atoms with Crippen LogP contribution in [0.15, 0.2) is 47.6 Å². The summed E-state index contributed by atoms with van der Waals surface area (Å²) in [6.45, 7) is 0.376. The molecule has 0 aliphatic heterocycles. The molecule has 0 bridgehead atoms. The Balaban J connectivity index is 1.91. The number of benzene rings is 2. The molecule has 120 valence electrons. The second-order valence-electron chi connectivity index (χ2n) is 4.54. The third kappa shape index (κ3) is 5.71. The van der Waals surface area contributed by atoms with E-state index in [0.29, 0.717) is 21.8 Å². The van der Waals surface area contributed by atoms with E-state index in [0.717, 1.165) is 16.9 Å². The van der Waals surface area contributed by atoms with Crippen LogP contribution in [0.2, 0.25) is 10.0 Å². The summed E-state index contributed by atoms with van der Waals surface area (Å²) in [4.78, 5) is 0. The summed E-state index contributed by atoms with van der Waals surface area (Å²) < 4.78 is 5.71. The molecule has 2 N–H and O–H groups in total. The van der Waals surface area contributed by atoms with Gasteiger partial charge in [-0.25, -0.2) is 0 Å². The lowest BCUT2D eigenvalue weighted by atomic mass is 10.2. The lowest BCUT2D eigenvalue weighted by molar-refractivity contribution is 0.306. The monoisotopic (exact) mass is 367 g/mol. The van der Waals surface area contributed by atoms with E-state index in [1.54, 1.807) is 25.4 Å². The fraction of sp³-hybridized carbons (Fsp3) is 0.125. The molecule has 23 heavy (non-hydrogen) atoms. The fourth-order valence-electron chi connectivity index (χ4n) is 1.67. The minimum atomic E-state index is 0.376. The maximum absolute atomic E-state index is 6.11. The average Bonchev–Trinajstić information content (AvgIpc) is 2.55. The van der Waals surface area contributed by atoms with E-state index in [1.807, 2.05) is 30.3 Å². The van der Waals surface area contributed by atoms with Gasteiger partial charge >= 0.3 is 0 Å². The van der Waals surface area contributed by atoms with Crippen molar-refractivity contribution in [2.45, 2.75) is 6.61 Å². The maximum Gasteiger partial charge on any atom is 0.186 e. The summed E-state index contributed by atoms with van der Waals surface area (Å²) >= 11 is 16.9. The molecule has 2 rings (SSSR count). The largest absolute Gasteiger partial charge is 0.489 e. The Morgan fingerprint density at radius 3 is 2.61 bits per heavy atom. The summed E-state index contributed by atoms with van der Waals surface area (Å²) in [5, 5.41) is 8.43. The van der Waals surface area contributed by atoms with E-state index in [2.05, 4.69) is 15.8 Å². The van der Waals surface area contributed by atoms with Crippen LogP contribution in [0.4, 0.5) is 0 Å². The minimum absolute atomic E-state index is 0.376. The summed E-state index contributed by atoms with van der Waals surface area (Å²) in [6.07, 6.45) is 1.67. The molecule has 0 fully saturated rings. The SMILES string of the molecule is CNC(=S)NN=Cc1ccc(OCc2ccc(Cl)cc2Cl)cc1. The van der Waals surface area contributed by atoms with Crippen molar-refractivity contribution in [1.82, 2.24) is 10.7 Å². The van der Waals surface area contributed by atoms with Crippen LogP contribution in [0.3, 0.4) is 0 Å². The molecule has 0 aliphatic rings. The zero-order valence-corrected chi connectivity index (χ0v) is 14.7. The van der Waals surface area contributed by atoms with Gasteiger partial charge in [-0.05, 0) is 54.2 Å². The molecule has 0 saturated carbocycles. The summed E-state index contributed by atoms with van der Waals surface area (Å²) in [5.74, 6) is 0.742. The fourth-order valence-corrected chi connectivity index (χ4v) is 2.19. The van der Waals surface area contributed by atoms with E-state index >= 15 is 0 Å². The Hall–Kier alpha value is -1.82. The van der Waals surface area contributed by atoms with E-state index in [1.165, 1.54) is 0 Å². The van der Waals surface area contributed by atoms with E-state index in [9.17, 15) is 0 Å². The summed E-state index contributed by atoms with van der Waals surface area (Å²) in [7, 11) is 1.73. The predicted octanol–water partition coefficient (Wildman–Crippen LogP) is 4.00. The van der Waals surface area contributed by atoms with Crippen LogP contribution in [-0.2, 0) is 6.61 Å². The van der Waals surface area contributed by atoms with Crippen molar-refractivity contribution in [1.29, 1.82) is 0 Å². The van der Waals surface area contributed by atoms with Gasteiger partial charge < -0.3 is 10.1 Å². The number of hydrogen-bond acceptors (Lipinski definition) is 3. The van der Waals surface area contributed by atoms with Crippen molar-refractivity contribution in [3.63, 3.8) is 0 Å². The van der Waals surface area contributed by atoms with Crippen molar-refractivity contribution in [2.24, 2.45) is 5.10 Å². The number of hydrogen-bond donors (Lipinski definition) is 2. The van der Waals surface area contributed by atoms with Gasteiger partial charge in [-0.15, -0.1) is 0 Å². The van der Waals surface area contributed by atoms with Gasteiger partial charge in [0.05, 0.1) is 6.21 Å². The highest BCUT2D eigenvalue weighted by Crippen LogP contribution is 2.22. The molecule has 0 atom stereocenters. The van der Waals surface area contributed by atoms with Crippen LogP contribution in [-0.4, -0.2) is 18.4 Å². The Morgan fingerprint density at radius 2 is 1.96 bits per heavy atom. The van der Waals surface area contributed by atoms with Crippen molar-refractivity contribution >= 4 is 46.7 Å². The van der Waals surface area contributed by atoms with Gasteiger partial charge in [0, 0.05) is 22.7 Å². The maximum atomic E-state index is 6.11. The molecule has 0 aromatic heterocycles. The second-order valence-corrected chi connectivity index (χ2v) is 5.79. The van der Waals surface area contributed by atoms with E-state index in [-0.39, 0.29) is 0 Å². The Morgan fingerprint density at radius 1 is 1.22 bits per heavy atom. The summed E-state index contributed by atoms with van der Waals surface area (Å²) in [5.41, 5.74) is 4.49. The van der Waals surface area contributed by atoms with Gasteiger partial charge in [-0.3, -0.25) is 5.43 Å². The molecular weight excluding hydrogens is 353 g/mol. The van der Waals surface area contributed by atoms with E-state index in [4.69, 9.17) is 40.2 Å². The van der Waals surface area contributed by atoms with Crippen LogP contribution in [0.5, 0.6) is 5.75 Å². The smallest absolute Gasteiger partial charge is 0.186 e. The normalized spacial score (nSPS) is 10.6. The molecule has 2 aromatic carbocycles. The molecule has 0 spiro atoms. The molecular formula is C16H15Cl2N3OS. The quantitative estimate of drug-likeness (QED) is 0.476. The first-order chi connectivity index (χ1) is 11.1. The van der Waals surface area contributed by atoms with Crippen LogP contribution in [0, 0.1) is 0 Å². The summed E-state index contributed by atoms with van der Waals surface area (Å²) in [6, 6.07) is 12.8. The molecule has 2 aromatic rings. The second kappa shape index (κ2) is 8.72. The van der Waals surface area contributed by atoms with Gasteiger partial charge in [-0.2, -0.15) is 5.10 Å².